The number of hydrogen-bond acceptors (Lipinski definition) is 4. The second-order valence-electron chi connectivity index (χ2n) is 17.1. The fourth-order valence-corrected chi connectivity index (χ4v) is 10.2. The number of hydrogen-bond donors (Lipinski definition) is 0. The Balaban J connectivity index is 1.11. The molecule has 0 aliphatic heterocycles. The van der Waals surface area contributed by atoms with E-state index in [1.54, 1.807) is 12.1 Å². The molecule has 0 saturated carbocycles. The molecule has 0 radical (unpaired) electrons. The monoisotopic (exact) mass is 858 g/mol. The maximum absolute atomic E-state index is 14.2. The molecule has 0 atom stereocenters. The predicted octanol–water partition coefficient (Wildman–Crippen LogP) is 17.3. The molecule has 0 amide bonds. The molecular formula is C62H39FN4. The molecule has 1 aromatic heterocycles. The van der Waals surface area contributed by atoms with Gasteiger partial charge in [-0.15, -0.1) is 0 Å². The van der Waals surface area contributed by atoms with Crippen LogP contribution in [0.2, 0.25) is 0 Å². The third kappa shape index (κ3) is 6.43. The number of fused-ring (bicyclic) bond motifs is 12. The molecule has 0 unspecified atom stereocenters. The highest BCUT2D eigenvalue weighted by atomic mass is 19.1. The third-order valence-electron chi connectivity index (χ3n) is 13.2. The smallest absolute Gasteiger partial charge is 0.123 e. The van der Waals surface area contributed by atoms with Crippen molar-refractivity contribution in [3.05, 3.63) is 243 Å². The van der Waals surface area contributed by atoms with Crippen LogP contribution in [0.4, 0.5) is 38.5 Å². The largest absolute Gasteiger partial charge is 0.310 e. The van der Waals surface area contributed by atoms with Gasteiger partial charge in [0, 0.05) is 49.9 Å². The Kier molecular flexibility index (Phi) is 9.00. The Labute approximate surface area is 386 Å². The number of aromatic nitrogens is 2. The first-order valence-electron chi connectivity index (χ1n) is 22.6. The summed E-state index contributed by atoms with van der Waals surface area (Å²) in [4.78, 5) is 15.3. The van der Waals surface area contributed by atoms with Crippen molar-refractivity contribution in [2.75, 3.05) is 9.80 Å². The van der Waals surface area contributed by atoms with E-state index >= 15 is 0 Å². The summed E-state index contributed by atoms with van der Waals surface area (Å²) in [6.45, 7) is 0. The number of benzene rings is 12. The van der Waals surface area contributed by atoms with Crippen LogP contribution in [0.1, 0.15) is 0 Å². The van der Waals surface area contributed by atoms with Gasteiger partial charge >= 0.3 is 0 Å². The van der Waals surface area contributed by atoms with Gasteiger partial charge in [0.05, 0.1) is 34.3 Å². The molecular weight excluding hydrogens is 820 g/mol. The molecule has 1 heterocycles. The van der Waals surface area contributed by atoms with Gasteiger partial charge < -0.3 is 9.80 Å². The Morgan fingerprint density at radius 2 is 0.746 bits per heavy atom. The highest BCUT2D eigenvalue weighted by molar-refractivity contribution is 6.25. The minimum Gasteiger partial charge on any atom is -0.310 e. The fourth-order valence-electron chi connectivity index (χ4n) is 10.2. The number of rotatable bonds is 7. The zero-order chi connectivity index (χ0) is 44.4. The van der Waals surface area contributed by atoms with Crippen LogP contribution in [-0.4, -0.2) is 9.97 Å². The Bertz CT molecular complexity index is 4060. The van der Waals surface area contributed by atoms with E-state index in [0.717, 1.165) is 83.0 Å². The maximum Gasteiger partial charge on any atom is 0.123 e. The summed E-state index contributed by atoms with van der Waals surface area (Å²) in [6.07, 6.45) is 1.81. The molecule has 13 aromatic rings. The van der Waals surface area contributed by atoms with Gasteiger partial charge in [-0.3, -0.25) is 4.98 Å². The lowest BCUT2D eigenvalue weighted by molar-refractivity contribution is 0.628. The summed E-state index contributed by atoms with van der Waals surface area (Å²) in [5, 5.41) is 13.6. The molecule has 13 rings (SSSR count). The lowest BCUT2D eigenvalue weighted by Gasteiger charge is -2.29. The maximum atomic E-state index is 14.2. The topological polar surface area (TPSA) is 32.3 Å². The standard InChI is InChI=1S/C62H39FN4/c63-43-29-27-40(28-30-43)58-39-64-61-54-33-31-46(66(44-17-3-1-4-18-44)59-35-41-15-7-9-21-48(41)50-23-11-13-25-52(50)59)37-56(54)57-38-47(32-34-55(57)62(61)65-58)67(45-19-5-2-6-20-45)60-36-42-16-8-10-22-49(42)51-24-12-14-26-53(51)60/h1-39H. The molecule has 314 valence electrons. The molecule has 0 aliphatic rings. The number of nitrogens with zero attached hydrogens (tertiary/aromatic N) is 4. The Morgan fingerprint density at radius 1 is 0.313 bits per heavy atom. The van der Waals surface area contributed by atoms with Crippen LogP contribution in [0.3, 0.4) is 0 Å². The van der Waals surface area contributed by atoms with Gasteiger partial charge in [-0.25, -0.2) is 9.37 Å². The molecule has 4 nitrogen and oxygen atoms in total. The SMILES string of the molecule is Fc1ccc(-c2cnc3c4ccc(N(c5ccccc5)c5cc6ccccc6c6ccccc56)cc4c4cc(N(c5ccccc5)c5cc6ccccc6c6ccccc56)ccc4c3n2)cc1. The average Bonchev–Trinajstić information content (AvgIpc) is 3.39. The minimum atomic E-state index is -0.291. The van der Waals surface area contributed by atoms with Crippen molar-refractivity contribution in [2.45, 2.75) is 0 Å². The molecule has 0 spiro atoms. The summed E-state index contributed by atoms with van der Waals surface area (Å²) in [5.74, 6) is -0.291. The van der Waals surface area contributed by atoms with Crippen molar-refractivity contribution in [3.63, 3.8) is 0 Å². The third-order valence-corrected chi connectivity index (χ3v) is 13.2. The van der Waals surface area contributed by atoms with Crippen molar-refractivity contribution >= 4 is 110 Å². The van der Waals surface area contributed by atoms with Crippen molar-refractivity contribution in [2.24, 2.45) is 0 Å². The van der Waals surface area contributed by atoms with E-state index in [1.165, 1.54) is 44.5 Å². The normalized spacial score (nSPS) is 11.7. The van der Waals surface area contributed by atoms with E-state index in [4.69, 9.17) is 9.97 Å². The number of para-hydroxylation sites is 2. The lowest BCUT2D eigenvalue weighted by Crippen LogP contribution is -2.11. The van der Waals surface area contributed by atoms with Crippen molar-refractivity contribution in [1.29, 1.82) is 0 Å². The van der Waals surface area contributed by atoms with Crippen LogP contribution in [-0.2, 0) is 0 Å². The summed E-state index contributed by atoms with van der Waals surface area (Å²) < 4.78 is 14.2. The van der Waals surface area contributed by atoms with Gasteiger partial charge in [0.1, 0.15) is 5.82 Å². The Hall–Kier alpha value is -8.93. The van der Waals surface area contributed by atoms with E-state index in [1.807, 2.05) is 6.20 Å². The zero-order valence-electron chi connectivity index (χ0n) is 36.2. The fraction of sp³-hybridized carbons (Fsp3) is 0. The van der Waals surface area contributed by atoms with Gasteiger partial charge in [0.15, 0.2) is 0 Å². The minimum absolute atomic E-state index is 0.291. The van der Waals surface area contributed by atoms with Crippen molar-refractivity contribution in [3.8, 4) is 11.3 Å². The molecule has 12 aromatic carbocycles. The van der Waals surface area contributed by atoms with E-state index in [-0.39, 0.29) is 5.82 Å². The molecule has 67 heavy (non-hydrogen) atoms. The van der Waals surface area contributed by atoms with Gasteiger partial charge in [0.25, 0.3) is 0 Å². The summed E-state index contributed by atoms with van der Waals surface area (Å²) in [6, 6.07) is 80.5. The molecule has 5 heteroatoms. The zero-order valence-corrected chi connectivity index (χ0v) is 36.2. The summed E-state index contributed by atoms with van der Waals surface area (Å²) in [5.41, 5.74) is 9.36. The van der Waals surface area contributed by atoms with Crippen LogP contribution < -0.4 is 9.80 Å². The highest BCUT2D eigenvalue weighted by Gasteiger charge is 2.22. The van der Waals surface area contributed by atoms with E-state index in [0.29, 0.717) is 5.69 Å². The van der Waals surface area contributed by atoms with Crippen LogP contribution in [0.15, 0.2) is 237 Å². The number of anilines is 6. The second-order valence-corrected chi connectivity index (χ2v) is 17.1. The molecule has 0 fully saturated rings. The van der Waals surface area contributed by atoms with Crippen LogP contribution in [0, 0.1) is 5.82 Å². The van der Waals surface area contributed by atoms with Gasteiger partial charge in [-0.2, -0.15) is 0 Å². The van der Waals surface area contributed by atoms with Crippen LogP contribution in [0.25, 0.3) is 86.9 Å². The van der Waals surface area contributed by atoms with E-state index in [9.17, 15) is 4.39 Å². The van der Waals surface area contributed by atoms with Gasteiger partial charge in [-0.1, -0.05) is 146 Å². The molecule has 0 saturated heterocycles. The highest BCUT2D eigenvalue weighted by Crippen LogP contribution is 2.47. The average molecular weight is 859 g/mol. The van der Waals surface area contributed by atoms with Crippen LogP contribution in [0.5, 0.6) is 0 Å². The summed E-state index contributed by atoms with van der Waals surface area (Å²) >= 11 is 0. The summed E-state index contributed by atoms with van der Waals surface area (Å²) in [7, 11) is 0. The predicted molar refractivity (Wildman–Crippen MR) is 279 cm³/mol. The van der Waals surface area contributed by atoms with E-state index < -0.39 is 0 Å². The lowest BCUT2D eigenvalue weighted by atomic mass is 9.96. The first-order valence-corrected chi connectivity index (χ1v) is 22.6. The van der Waals surface area contributed by atoms with Crippen LogP contribution >= 0.6 is 0 Å². The van der Waals surface area contributed by atoms with Crippen molar-refractivity contribution in [1.82, 2.24) is 9.97 Å². The van der Waals surface area contributed by atoms with Crippen molar-refractivity contribution < 1.29 is 4.39 Å². The van der Waals surface area contributed by atoms with E-state index in [2.05, 4.69) is 216 Å². The molecule has 0 bridgehead atoms. The second kappa shape index (κ2) is 15.7. The first kappa shape index (κ1) is 38.5. The number of halogens is 1. The molecule has 0 N–H and O–H groups in total. The Morgan fingerprint density at radius 3 is 1.25 bits per heavy atom. The van der Waals surface area contributed by atoms with Gasteiger partial charge in [-0.05, 0) is 128 Å². The van der Waals surface area contributed by atoms with Gasteiger partial charge in [0.2, 0.25) is 0 Å². The molecule has 0 aliphatic carbocycles. The quantitative estimate of drug-likeness (QED) is 0.150. The first-order chi connectivity index (χ1) is 33.1.